The maximum absolute atomic E-state index is 15.2. The van der Waals surface area contributed by atoms with Gasteiger partial charge in [0.25, 0.3) is 5.56 Å². The molecule has 6 rings (SSSR count). The second-order valence-electron chi connectivity index (χ2n) is 12.5. The highest BCUT2D eigenvalue weighted by Crippen LogP contribution is 2.39. The fourth-order valence-corrected chi connectivity index (χ4v) is 7.39. The lowest BCUT2D eigenvalue weighted by Gasteiger charge is -2.18. The Hall–Kier alpha value is -5.37. The number of urea groups is 1. The van der Waals surface area contributed by atoms with Gasteiger partial charge in [-0.15, -0.1) is 11.3 Å². The molecule has 293 valence electrons. The standard InChI is InChI=1S/C40H40F2N5O5S.C2H6.2H2/c1-4-43-39(49)44-28-14-12-27(13-15-28)36-32(24-45(2)21-20-26-8-5-6-9-26)35-37(48)47(29-16-18-30(19-17-29)52-23-22-51-3)40(50)46(38(35)53-36)25-31-33(41)10-7-11-34(31)42;1-2;;/h5-19H,4,20-25H2,1-3H3,(H2,43,44,49);1-2H3;2*1H. The number of carbonyl (C=O) groups is 1. The van der Waals surface area contributed by atoms with E-state index < -0.39 is 29.4 Å². The van der Waals surface area contributed by atoms with Crippen molar-refractivity contribution in [2.45, 2.75) is 40.3 Å². The number of thiophene rings is 1. The summed E-state index contributed by atoms with van der Waals surface area (Å²) in [6.07, 6.45) is 8.87. The first kappa shape index (κ1) is 40.8. The van der Waals surface area contributed by atoms with Gasteiger partial charge in [-0.3, -0.25) is 9.36 Å². The van der Waals surface area contributed by atoms with Crippen molar-refractivity contribution < 1.29 is 25.9 Å². The van der Waals surface area contributed by atoms with Gasteiger partial charge in [0.05, 0.1) is 24.2 Å². The van der Waals surface area contributed by atoms with Crippen LogP contribution in [0.25, 0.3) is 26.3 Å². The Balaban J connectivity index is 0.00000214. The molecule has 0 bridgehead atoms. The van der Waals surface area contributed by atoms with Crippen LogP contribution in [0.2, 0.25) is 0 Å². The summed E-state index contributed by atoms with van der Waals surface area (Å²) in [5.41, 5.74) is 1.83. The molecule has 2 heterocycles. The number of hydrogen-bond acceptors (Lipinski definition) is 7. The quantitative estimate of drug-likeness (QED) is 0.104. The molecule has 2 aromatic heterocycles. The van der Waals surface area contributed by atoms with Gasteiger partial charge in [0.2, 0.25) is 0 Å². The van der Waals surface area contributed by atoms with Crippen molar-refractivity contribution in [2.24, 2.45) is 0 Å². The first-order chi connectivity index (χ1) is 26.7. The first-order valence-corrected chi connectivity index (χ1v) is 19.0. The van der Waals surface area contributed by atoms with Crippen LogP contribution in [0.3, 0.4) is 0 Å². The lowest BCUT2D eigenvalue weighted by Crippen LogP contribution is -2.39. The molecule has 1 radical (unpaired) electrons. The van der Waals surface area contributed by atoms with Crippen molar-refractivity contribution in [3.8, 4) is 21.9 Å². The van der Waals surface area contributed by atoms with Gasteiger partial charge in [-0.05, 0) is 80.1 Å². The molecule has 0 unspecified atom stereocenters. The number of allylic oxidation sites excluding steroid dienone is 3. The van der Waals surface area contributed by atoms with Crippen molar-refractivity contribution in [3.05, 3.63) is 141 Å². The second-order valence-corrected chi connectivity index (χ2v) is 13.5. The average molecular weight is 775 g/mol. The Morgan fingerprint density at radius 1 is 0.945 bits per heavy atom. The van der Waals surface area contributed by atoms with E-state index >= 15 is 8.78 Å². The molecule has 10 nitrogen and oxygen atoms in total. The minimum Gasteiger partial charge on any atom is -0.491 e. The molecular weight excluding hydrogens is 725 g/mol. The number of methoxy groups -OCH3 is 1. The lowest BCUT2D eigenvalue weighted by molar-refractivity contribution is 0.146. The van der Waals surface area contributed by atoms with Gasteiger partial charge in [-0.25, -0.2) is 22.9 Å². The number of nitrogens with one attached hydrogen (secondary N) is 2. The molecule has 0 atom stereocenters. The molecule has 1 aliphatic rings. The molecule has 5 aromatic rings. The number of hydrogen-bond donors (Lipinski definition) is 2. The van der Waals surface area contributed by atoms with Crippen molar-refractivity contribution in [2.75, 3.05) is 45.8 Å². The minimum atomic E-state index is -0.806. The van der Waals surface area contributed by atoms with Gasteiger partial charge < -0.3 is 25.0 Å². The number of aromatic nitrogens is 2. The third kappa shape index (κ3) is 9.66. The topological polar surface area (TPSA) is 107 Å². The van der Waals surface area contributed by atoms with E-state index in [9.17, 15) is 14.4 Å². The second kappa shape index (κ2) is 19.3. The highest BCUT2D eigenvalue weighted by atomic mass is 32.1. The summed E-state index contributed by atoms with van der Waals surface area (Å²) in [4.78, 5) is 44.4. The minimum absolute atomic E-state index is 0. The normalized spacial score (nSPS) is 12.1. The Morgan fingerprint density at radius 3 is 2.29 bits per heavy atom. The third-order valence-electron chi connectivity index (χ3n) is 8.79. The van der Waals surface area contributed by atoms with E-state index in [2.05, 4.69) is 28.0 Å². The fraction of sp³-hybridized carbons (Fsp3) is 0.286. The number of ether oxygens (including phenoxy) is 2. The number of amides is 2. The monoisotopic (exact) mass is 774 g/mol. The highest BCUT2D eigenvalue weighted by molar-refractivity contribution is 7.22. The number of halogens is 2. The molecule has 13 heteroatoms. The number of rotatable bonds is 15. The molecule has 0 spiro atoms. The average Bonchev–Trinajstić information content (AvgIpc) is 3.84. The van der Waals surface area contributed by atoms with Gasteiger partial charge in [0.15, 0.2) is 0 Å². The van der Waals surface area contributed by atoms with Crippen LogP contribution in [-0.4, -0.2) is 60.5 Å². The lowest BCUT2D eigenvalue weighted by atomic mass is 10.1. The molecule has 3 aromatic carbocycles. The van der Waals surface area contributed by atoms with Crippen molar-refractivity contribution >= 4 is 33.3 Å². The Kier molecular flexibility index (Phi) is 14.3. The van der Waals surface area contributed by atoms with E-state index in [0.717, 1.165) is 28.7 Å². The number of anilines is 1. The van der Waals surface area contributed by atoms with E-state index in [1.54, 1.807) is 43.5 Å². The predicted molar refractivity (Wildman–Crippen MR) is 221 cm³/mol. The molecule has 0 aliphatic heterocycles. The van der Waals surface area contributed by atoms with E-state index in [-0.39, 0.29) is 30.4 Å². The van der Waals surface area contributed by atoms with Crippen molar-refractivity contribution in [1.29, 1.82) is 0 Å². The van der Waals surface area contributed by atoms with Crippen LogP contribution in [0.4, 0.5) is 19.3 Å². The van der Waals surface area contributed by atoms with E-state index in [0.29, 0.717) is 54.7 Å². The third-order valence-corrected chi connectivity index (χ3v) is 10.1. The van der Waals surface area contributed by atoms with Crippen LogP contribution in [0, 0.1) is 18.1 Å². The summed E-state index contributed by atoms with van der Waals surface area (Å²) < 4.78 is 43.4. The predicted octanol–water partition coefficient (Wildman–Crippen LogP) is 8.41. The van der Waals surface area contributed by atoms with Crippen LogP contribution in [0.5, 0.6) is 5.75 Å². The fourth-order valence-electron chi connectivity index (χ4n) is 6.09. The zero-order valence-electron chi connectivity index (χ0n) is 31.7. The van der Waals surface area contributed by atoms with Gasteiger partial charge >= 0.3 is 11.7 Å². The van der Waals surface area contributed by atoms with E-state index in [4.69, 9.17) is 9.47 Å². The molecule has 1 aliphatic carbocycles. The van der Waals surface area contributed by atoms with Crippen molar-refractivity contribution in [1.82, 2.24) is 19.4 Å². The Morgan fingerprint density at radius 2 is 1.65 bits per heavy atom. The highest BCUT2D eigenvalue weighted by Gasteiger charge is 2.26. The zero-order valence-corrected chi connectivity index (χ0v) is 32.5. The van der Waals surface area contributed by atoms with Crippen LogP contribution < -0.4 is 26.6 Å². The molecule has 2 amide bonds. The Bertz CT molecular complexity index is 2270. The smallest absolute Gasteiger partial charge is 0.337 e. The van der Waals surface area contributed by atoms with Gasteiger partial charge in [-0.2, -0.15) is 0 Å². The van der Waals surface area contributed by atoms with Crippen LogP contribution in [-0.2, 0) is 17.8 Å². The summed E-state index contributed by atoms with van der Waals surface area (Å²) in [6, 6.07) is 16.9. The van der Waals surface area contributed by atoms with Gasteiger partial charge in [0.1, 0.15) is 28.8 Å². The van der Waals surface area contributed by atoms with Crippen molar-refractivity contribution in [3.63, 3.8) is 0 Å². The summed E-state index contributed by atoms with van der Waals surface area (Å²) in [6.45, 7) is 7.55. The summed E-state index contributed by atoms with van der Waals surface area (Å²) in [5, 5.41) is 5.76. The number of nitrogens with zero attached hydrogens (tertiary/aromatic N) is 3. The molecule has 0 saturated heterocycles. The molecular formula is C42H50F2N5O5S. The number of benzene rings is 3. The van der Waals surface area contributed by atoms with E-state index in [1.165, 1.54) is 27.5 Å². The zero-order chi connectivity index (χ0) is 39.5. The summed E-state index contributed by atoms with van der Waals surface area (Å²) in [5.74, 6) is -1.09. The molecule has 2 N–H and O–H groups in total. The number of fused-ring (bicyclic) bond motifs is 1. The number of carbonyl (C=O) groups excluding carboxylic acids is 1. The SMILES string of the molecule is CC.CCNC(=O)Nc1ccc(-c2sc3c(c2CN(C)CCC2=CC=C[CH]2)c(=O)n(-c2ccc(OCCOC)cc2)c(=O)n3Cc2c(F)cccc2F)cc1.[HH].[HH]. The molecule has 55 heavy (non-hydrogen) atoms. The maximum atomic E-state index is 15.2. The molecule has 0 fully saturated rings. The van der Waals surface area contributed by atoms with E-state index in [1.807, 2.05) is 52.1 Å². The largest absolute Gasteiger partial charge is 0.491 e. The summed E-state index contributed by atoms with van der Waals surface area (Å²) in [7, 11) is 3.53. The maximum Gasteiger partial charge on any atom is 0.337 e. The van der Waals surface area contributed by atoms with Gasteiger partial charge in [0, 0.05) is 52.1 Å². The Labute approximate surface area is 326 Å². The molecule has 0 saturated carbocycles. The van der Waals surface area contributed by atoms with Crippen LogP contribution in [0.1, 0.15) is 41.2 Å². The van der Waals surface area contributed by atoms with Crippen LogP contribution in [0.15, 0.2) is 100 Å². The van der Waals surface area contributed by atoms with Crippen LogP contribution >= 0.6 is 11.3 Å². The first-order valence-electron chi connectivity index (χ1n) is 18.2. The summed E-state index contributed by atoms with van der Waals surface area (Å²) >= 11 is 1.21. The van der Waals surface area contributed by atoms with Gasteiger partial charge in [-0.1, -0.05) is 55.8 Å².